The van der Waals surface area contributed by atoms with E-state index >= 15 is 0 Å². The van der Waals surface area contributed by atoms with Crippen LogP contribution in [0.15, 0.2) is 131 Å². The van der Waals surface area contributed by atoms with Gasteiger partial charge in [-0.15, -0.1) is 0 Å². The van der Waals surface area contributed by atoms with E-state index in [1.54, 1.807) is 54.6 Å². The van der Waals surface area contributed by atoms with Crippen LogP contribution in [0.25, 0.3) is 90.9 Å². The van der Waals surface area contributed by atoms with Gasteiger partial charge in [-0.25, -0.2) is 9.97 Å². The number of aromatic amines is 2. The van der Waals surface area contributed by atoms with Gasteiger partial charge in [0.2, 0.25) is 0 Å². The molecule has 0 fully saturated rings. The number of H-pyrrole nitrogens is 2. The monoisotopic (exact) mass is 864 g/mol. The summed E-state index contributed by atoms with van der Waals surface area (Å²) in [4.78, 5) is 38.8. The molecule has 306 valence electrons. The minimum Gasteiger partial charge on any atom is -0.354 e. The highest BCUT2D eigenvalue weighted by Gasteiger charge is 2.21. The van der Waals surface area contributed by atoms with Crippen molar-refractivity contribution in [2.75, 3.05) is 0 Å². The van der Waals surface area contributed by atoms with Gasteiger partial charge in [-0.2, -0.15) is 16.8 Å². The van der Waals surface area contributed by atoms with E-state index in [1.807, 2.05) is 18.2 Å². The molecule has 0 saturated carbocycles. The Hall–Kier alpha value is -7.90. The number of hydrogen-bond acceptors (Lipinski definition) is 10. The zero-order chi connectivity index (χ0) is 43.5. The van der Waals surface area contributed by atoms with Crippen molar-refractivity contribution in [1.29, 1.82) is 0 Å². The number of nitro groups is 2. The summed E-state index contributed by atoms with van der Waals surface area (Å²) < 4.78 is 67.5. The van der Waals surface area contributed by atoms with E-state index in [4.69, 9.17) is 9.97 Å². The van der Waals surface area contributed by atoms with Gasteiger partial charge in [-0.05, 0) is 119 Å². The first kappa shape index (κ1) is 39.6. The number of hydrogen-bond donors (Lipinski definition) is 4. The molecule has 3 aromatic heterocycles. The van der Waals surface area contributed by atoms with Gasteiger partial charge in [0.1, 0.15) is 0 Å². The summed E-state index contributed by atoms with van der Waals surface area (Å²) in [6.07, 6.45) is 7.03. The number of benzene rings is 4. The van der Waals surface area contributed by atoms with Gasteiger partial charge in [-0.1, -0.05) is 24.3 Å². The average molecular weight is 865 g/mol. The summed E-state index contributed by atoms with van der Waals surface area (Å²) in [6, 6.07) is 30.5. The smallest absolute Gasteiger partial charge is 0.294 e. The molecule has 8 bridgehead atoms. The highest BCUT2D eigenvalue weighted by molar-refractivity contribution is 7.86. The molecule has 4 aromatic carbocycles. The Morgan fingerprint density at radius 3 is 1.00 bits per heavy atom. The molecule has 62 heavy (non-hydrogen) atoms. The lowest BCUT2D eigenvalue weighted by molar-refractivity contribution is -0.385. The SMILES string of the molecule is O=[N+]([O-])c1ccc(-c2c3nc(c(-c4ccc(S(=O)(=O)O)cc4)c4nc(c(-c5ccc(S(=O)(=O)O)cc5)c5ccc([nH]5)c(-c5ccc([N+](=O)[O-])cc5)c5ccc2[nH]5)C=C4)C=C3)cc1. The van der Waals surface area contributed by atoms with Crippen molar-refractivity contribution in [3.8, 4) is 44.5 Å². The summed E-state index contributed by atoms with van der Waals surface area (Å²) in [5.41, 5.74) is 8.14. The second-order valence-electron chi connectivity index (χ2n) is 14.1. The van der Waals surface area contributed by atoms with Crippen LogP contribution in [-0.2, 0) is 20.2 Å². The van der Waals surface area contributed by atoms with E-state index in [0.717, 1.165) is 0 Å². The van der Waals surface area contributed by atoms with Crippen molar-refractivity contribution >= 4 is 78.0 Å². The van der Waals surface area contributed by atoms with Gasteiger partial charge in [0, 0.05) is 68.6 Å². The standard InChI is InChI=1S/C44H28N6O10S2/c51-49(52)29-9-1-25(2-10-29)41-33-17-18-34(45-33)42(26-3-11-30(12-4-26)50(53)54)36-20-22-38(47-36)44(28-7-15-32(16-8-28)62(58,59)60)40-24-23-39(48-40)43(37-21-19-35(41)46-37)27-5-13-31(14-6-27)61(55,56)57/h1-24,45-46H,(H,55,56,57)(H,58,59,60). The first-order chi connectivity index (χ1) is 29.6. The normalized spacial score (nSPS) is 12.4. The highest BCUT2D eigenvalue weighted by atomic mass is 32.2. The van der Waals surface area contributed by atoms with Crippen LogP contribution in [0.2, 0.25) is 0 Å². The molecule has 2 aliphatic rings. The zero-order valence-electron chi connectivity index (χ0n) is 31.6. The van der Waals surface area contributed by atoms with E-state index in [-0.39, 0.29) is 21.2 Å². The van der Waals surface area contributed by atoms with Crippen LogP contribution < -0.4 is 0 Å². The fraction of sp³-hybridized carbons (Fsp3) is 0. The predicted octanol–water partition coefficient (Wildman–Crippen LogP) is 9.63. The number of nitro benzene ring substituents is 2. The van der Waals surface area contributed by atoms with Crippen molar-refractivity contribution in [3.05, 3.63) is 164 Å². The Morgan fingerprint density at radius 2 is 0.677 bits per heavy atom. The lowest BCUT2D eigenvalue weighted by Gasteiger charge is -2.08. The second-order valence-corrected chi connectivity index (χ2v) is 17.0. The van der Waals surface area contributed by atoms with Gasteiger partial charge in [-0.3, -0.25) is 29.3 Å². The van der Waals surface area contributed by atoms with Gasteiger partial charge in [0.15, 0.2) is 0 Å². The van der Waals surface area contributed by atoms with Crippen LogP contribution in [0.1, 0.15) is 22.8 Å². The van der Waals surface area contributed by atoms with E-state index in [2.05, 4.69) is 9.97 Å². The van der Waals surface area contributed by atoms with Crippen molar-refractivity contribution in [2.24, 2.45) is 0 Å². The minimum absolute atomic E-state index is 0.110. The van der Waals surface area contributed by atoms with Crippen molar-refractivity contribution in [3.63, 3.8) is 0 Å². The quantitative estimate of drug-likeness (QED) is 0.0633. The second kappa shape index (κ2) is 15.0. The Morgan fingerprint density at radius 1 is 0.403 bits per heavy atom. The first-order valence-electron chi connectivity index (χ1n) is 18.4. The summed E-state index contributed by atoms with van der Waals surface area (Å²) in [5.74, 6) is 0. The summed E-state index contributed by atoms with van der Waals surface area (Å²) in [6.45, 7) is 0. The zero-order valence-corrected chi connectivity index (χ0v) is 33.3. The van der Waals surface area contributed by atoms with Crippen molar-refractivity contribution in [2.45, 2.75) is 9.79 Å². The van der Waals surface area contributed by atoms with E-state index < -0.39 is 30.1 Å². The molecule has 18 heteroatoms. The van der Waals surface area contributed by atoms with Gasteiger partial charge >= 0.3 is 0 Å². The number of fused-ring (bicyclic) bond motifs is 8. The molecule has 0 spiro atoms. The Bertz CT molecular complexity index is 3490. The number of non-ortho nitro benzene ring substituents is 2. The largest absolute Gasteiger partial charge is 0.354 e. The fourth-order valence-electron chi connectivity index (χ4n) is 7.51. The maximum absolute atomic E-state index is 12.0. The molecule has 9 rings (SSSR count). The molecule has 0 amide bonds. The van der Waals surface area contributed by atoms with Crippen LogP contribution in [0, 0.1) is 20.2 Å². The molecule has 0 aliphatic carbocycles. The molecule has 0 saturated heterocycles. The van der Waals surface area contributed by atoms with Crippen LogP contribution in [-0.4, -0.2) is 55.7 Å². The molecule has 0 unspecified atom stereocenters. The average Bonchev–Trinajstić information content (AvgIpc) is 4.09. The molecular weight excluding hydrogens is 837 g/mol. The summed E-state index contributed by atoms with van der Waals surface area (Å²) >= 11 is 0. The van der Waals surface area contributed by atoms with E-state index in [0.29, 0.717) is 89.4 Å². The van der Waals surface area contributed by atoms with Gasteiger partial charge < -0.3 is 9.97 Å². The molecule has 4 N–H and O–H groups in total. The first-order valence-corrected chi connectivity index (χ1v) is 21.3. The van der Waals surface area contributed by atoms with Gasteiger partial charge in [0.05, 0.1) is 42.4 Å². The Labute approximate surface area is 351 Å². The maximum Gasteiger partial charge on any atom is 0.294 e. The Kier molecular flexibility index (Phi) is 9.56. The molecule has 0 radical (unpaired) electrons. The third kappa shape index (κ3) is 7.34. The van der Waals surface area contributed by atoms with Crippen molar-refractivity contribution < 1.29 is 35.8 Å². The third-order valence-electron chi connectivity index (χ3n) is 10.4. The highest BCUT2D eigenvalue weighted by Crippen LogP contribution is 2.39. The molecule has 5 heterocycles. The molecular formula is C44H28N6O10S2. The molecule has 7 aromatic rings. The third-order valence-corrected chi connectivity index (χ3v) is 12.1. The van der Waals surface area contributed by atoms with Gasteiger partial charge in [0.25, 0.3) is 31.6 Å². The summed E-state index contributed by atoms with van der Waals surface area (Å²) in [7, 11) is -9.05. The minimum atomic E-state index is -4.53. The molecule has 0 atom stereocenters. The predicted molar refractivity (Wildman–Crippen MR) is 234 cm³/mol. The molecule has 2 aliphatic heterocycles. The number of aromatic nitrogens is 4. The van der Waals surface area contributed by atoms with Crippen LogP contribution >= 0.6 is 0 Å². The topological polar surface area (TPSA) is 252 Å². The lowest BCUT2D eigenvalue weighted by Crippen LogP contribution is -1.98. The number of nitrogens with zero attached hydrogens (tertiary/aromatic N) is 4. The van der Waals surface area contributed by atoms with Crippen LogP contribution in [0.3, 0.4) is 0 Å². The Balaban J connectivity index is 1.43. The summed E-state index contributed by atoms with van der Waals surface area (Å²) in [5, 5.41) is 23.3. The van der Waals surface area contributed by atoms with Crippen LogP contribution in [0.5, 0.6) is 0 Å². The van der Waals surface area contributed by atoms with Crippen LogP contribution in [0.4, 0.5) is 11.4 Å². The number of nitrogens with one attached hydrogen (secondary N) is 2. The van der Waals surface area contributed by atoms with E-state index in [1.165, 1.54) is 72.8 Å². The van der Waals surface area contributed by atoms with E-state index in [9.17, 15) is 46.2 Å². The van der Waals surface area contributed by atoms with Crippen molar-refractivity contribution in [1.82, 2.24) is 19.9 Å². The molecule has 16 nitrogen and oxygen atoms in total. The lowest BCUT2D eigenvalue weighted by atomic mass is 10.0. The fourth-order valence-corrected chi connectivity index (χ4v) is 8.47. The maximum atomic E-state index is 12.0. The number of rotatable bonds is 8.